The molecule has 1 aromatic carbocycles. The smallest absolute Gasteiger partial charge is 0.336 e. The van der Waals surface area contributed by atoms with Crippen LogP contribution in [0.3, 0.4) is 0 Å². The van der Waals surface area contributed by atoms with Gasteiger partial charge in [0.05, 0.1) is 5.02 Å². The molecule has 3 rings (SSSR count). The third kappa shape index (κ3) is 5.01. The van der Waals surface area contributed by atoms with Crippen molar-refractivity contribution >= 4 is 34.5 Å². The molecule has 1 heterocycles. The molecule has 0 spiro atoms. The highest BCUT2D eigenvalue weighted by atomic mass is 35.5. The molecule has 2 aromatic rings. The average Bonchev–Trinajstić information content (AvgIpc) is 2.61. The molecule has 0 atom stereocenters. The lowest BCUT2D eigenvalue weighted by atomic mass is 9.96. The van der Waals surface area contributed by atoms with Crippen molar-refractivity contribution in [2.24, 2.45) is 0 Å². The first-order valence-electron chi connectivity index (χ1n) is 8.89. The van der Waals surface area contributed by atoms with Crippen molar-refractivity contribution in [1.29, 1.82) is 0 Å². The van der Waals surface area contributed by atoms with Crippen molar-refractivity contribution in [2.75, 3.05) is 6.61 Å². The van der Waals surface area contributed by atoms with Gasteiger partial charge in [-0.2, -0.15) is 0 Å². The van der Waals surface area contributed by atoms with E-state index < -0.39 is 17.6 Å². The first-order chi connectivity index (χ1) is 12.9. The maximum atomic E-state index is 11.9. The second kappa shape index (κ2) is 8.43. The Bertz CT molecular complexity index is 918. The zero-order valence-electron chi connectivity index (χ0n) is 15.0. The zero-order chi connectivity index (χ0) is 19.4. The number of fused-ring (bicyclic) bond motifs is 1. The predicted molar refractivity (Wildman–Crippen MR) is 101 cm³/mol. The second-order valence-corrected chi connectivity index (χ2v) is 7.08. The van der Waals surface area contributed by atoms with Crippen molar-refractivity contribution < 1.29 is 18.7 Å². The van der Waals surface area contributed by atoms with Crippen LogP contribution >= 0.6 is 11.6 Å². The third-order valence-electron chi connectivity index (χ3n) is 4.56. The Labute approximate surface area is 161 Å². The van der Waals surface area contributed by atoms with E-state index in [1.54, 1.807) is 13.0 Å². The van der Waals surface area contributed by atoms with Crippen molar-refractivity contribution in [3.05, 3.63) is 39.2 Å². The lowest BCUT2D eigenvalue weighted by Crippen LogP contribution is -2.46. The molecule has 27 heavy (non-hydrogen) atoms. The molecule has 0 bridgehead atoms. The normalized spacial score (nSPS) is 14.7. The minimum atomic E-state index is -0.592. The Kier molecular flexibility index (Phi) is 6.01. The summed E-state index contributed by atoms with van der Waals surface area (Å²) in [4.78, 5) is 35.3. The Morgan fingerprint density at radius 2 is 1.96 bits per heavy atom. The topological polar surface area (TPSA) is 97.6 Å². The summed E-state index contributed by atoms with van der Waals surface area (Å²) in [7, 11) is 0. The van der Waals surface area contributed by atoms with Crippen LogP contribution in [0.15, 0.2) is 27.4 Å². The number of carbonyl (C=O) groups excluding carboxylic acids is 2. The third-order valence-corrected chi connectivity index (χ3v) is 4.85. The first kappa shape index (κ1) is 19.2. The van der Waals surface area contributed by atoms with E-state index in [2.05, 4.69) is 10.6 Å². The summed E-state index contributed by atoms with van der Waals surface area (Å²) >= 11 is 6.18. The van der Waals surface area contributed by atoms with E-state index in [1.807, 2.05) is 0 Å². The van der Waals surface area contributed by atoms with E-state index in [-0.39, 0.29) is 23.4 Å². The van der Waals surface area contributed by atoms with Crippen molar-refractivity contribution in [1.82, 2.24) is 10.6 Å². The van der Waals surface area contributed by atoms with E-state index in [9.17, 15) is 14.4 Å². The summed E-state index contributed by atoms with van der Waals surface area (Å²) in [5.41, 5.74) is 0.562. The number of rotatable bonds is 4. The van der Waals surface area contributed by atoms with Gasteiger partial charge >= 0.3 is 11.7 Å². The molecule has 0 saturated heterocycles. The minimum Gasteiger partial charge on any atom is -0.482 e. The molecule has 3 amide bonds. The quantitative estimate of drug-likeness (QED) is 0.778. The summed E-state index contributed by atoms with van der Waals surface area (Å²) in [6.45, 7) is 1.38. The molecule has 2 N–H and O–H groups in total. The van der Waals surface area contributed by atoms with Gasteiger partial charge in [0.2, 0.25) is 0 Å². The highest BCUT2D eigenvalue weighted by Crippen LogP contribution is 2.30. The number of aryl methyl sites for hydroxylation is 1. The fourth-order valence-corrected chi connectivity index (χ4v) is 3.42. The van der Waals surface area contributed by atoms with Crippen LogP contribution in [0.25, 0.3) is 11.0 Å². The van der Waals surface area contributed by atoms with Gasteiger partial charge in [-0.1, -0.05) is 30.9 Å². The number of nitrogens with one attached hydrogen (secondary N) is 2. The number of urea groups is 1. The van der Waals surface area contributed by atoms with Crippen LogP contribution in [0.2, 0.25) is 5.02 Å². The molecule has 1 saturated carbocycles. The van der Waals surface area contributed by atoms with Gasteiger partial charge in [-0.25, -0.2) is 9.59 Å². The standard InChI is InChI=1S/C19H21ClN2O5/c1-11-7-18(24)27-15-9-16(14(20)8-13(11)15)26-10-17(23)22-19(25)21-12-5-3-2-4-6-12/h7-9,12H,2-6,10H2,1H3,(H2,21,22,23,25). The van der Waals surface area contributed by atoms with Gasteiger partial charge in [0.25, 0.3) is 5.91 Å². The molecule has 0 aliphatic heterocycles. The van der Waals surface area contributed by atoms with Crippen LogP contribution in [-0.2, 0) is 4.79 Å². The van der Waals surface area contributed by atoms with Crippen LogP contribution in [0.5, 0.6) is 5.75 Å². The number of carbonyl (C=O) groups is 2. The van der Waals surface area contributed by atoms with E-state index in [0.717, 1.165) is 31.2 Å². The Balaban J connectivity index is 1.58. The van der Waals surface area contributed by atoms with Gasteiger partial charge in [0, 0.05) is 23.6 Å². The van der Waals surface area contributed by atoms with Gasteiger partial charge < -0.3 is 14.5 Å². The molecule has 0 radical (unpaired) electrons. The monoisotopic (exact) mass is 392 g/mol. The number of halogens is 1. The molecule has 8 heteroatoms. The predicted octanol–water partition coefficient (Wildman–Crippen LogP) is 3.29. The molecule has 144 valence electrons. The molecular weight excluding hydrogens is 372 g/mol. The number of amides is 3. The van der Waals surface area contributed by atoms with Crippen LogP contribution in [0, 0.1) is 6.92 Å². The van der Waals surface area contributed by atoms with Crippen LogP contribution in [-0.4, -0.2) is 24.6 Å². The molecule has 0 unspecified atom stereocenters. The van der Waals surface area contributed by atoms with Crippen molar-refractivity contribution in [3.8, 4) is 5.75 Å². The summed E-state index contributed by atoms with van der Waals surface area (Å²) in [6, 6.07) is 4.02. The Hall–Kier alpha value is -2.54. The molecule has 1 aliphatic carbocycles. The highest BCUT2D eigenvalue weighted by Gasteiger charge is 2.17. The first-order valence-corrected chi connectivity index (χ1v) is 9.27. The van der Waals surface area contributed by atoms with Gasteiger partial charge in [-0.15, -0.1) is 0 Å². The lowest BCUT2D eigenvalue weighted by Gasteiger charge is -2.22. The van der Waals surface area contributed by atoms with Crippen LogP contribution in [0.4, 0.5) is 4.79 Å². The summed E-state index contributed by atoms with van der Waals surface area (Å²) in [6.07, 6.45) is 5.19. The van der Waals surface area contributed by atoms with E-state index in [4.69, 9.17) is 20.8 Å². The molecular formula is C19H21ClN2O5. The summed E-state index contributed by atoms with van der Waals surface area (Å²) in [5.74, 6) is -0.397. The van der Waals surface area contributed by atoms with Gasteiger partial charge in [-0.3, -0.25) is 10.1 Å². The molecule has 1 fully saturated rings. The number of hydrogen-bond acceptors (Lipinski definition) is 5. The van der Waals surface area contributed by atoms with E-state index in [1.165, 1.54) is 18.6 Å². The largest absolute Gasteiger partial charge is 0.482 e. The van der Waals surface area contributed by atoms with Crippen LogP contribution in [0.1, 0.15) is 37.7 Å². The summed E-state index contributed by atoms with van der Waals surface area (Å²) < 4.78 is 10.5. The maximum Gasteiger partial charge on any atom is 0.336 e. The molecule has 1 aliphatic rings. The zero-order valence-corrected chi connectivity index (χ0v) is 15.7. The van der Waals surface area contributed by atoms with Crippen molar-refractivity contribution in [2.45, 2.75) is 45.1 Å². The molecule has 1 aromatic heterocycles. The second-order valence-electron chi connectivity index (χ2n) is 6.67. The van der Waals surface area contributed by atoms with E-state index in [0.29, 0.717) is 11.0 Å². The average molecular weight is 393 g/mol. The number of hydrogen-bond donors (Lipinski definition) is 2. The Morgan fingerprint density at radius 3 is 2.70 bits per heavy atom. The van der Waals surface area contributed by atoms with E-state index >= 15 is 0 Å². The number of benzene rings is 1. The Morgan fingerprint density at radius 1 is 1.22 bits per heavy atom. The number of ether oxygens (including phenoxy) is 1. The highest BCUT2D eigenvalue weighted by molar-refractivity contribution is 6.32. The van der Waals surface area contributed by atoms with Gasteiger partial charge in [0.1, 0.15) is 11.3 Å². The van der Waals surface area contributed by atoms with Gasteiger partial charge in [-0.05, 0) is 31.4 Å². The lowest BCUT2D eigenvalue weighted by molar-refractivity contribution is -0.122. The molecule has 7 nitrogen and oxygen atoms in total. The minimum absolute atomic E-state index is 0.105. The number of imide groups is 1. The fourth-order valence-electron chi connectivity index (χ4n) is 3.20. The van der Waals surface area contributed by atoms with Crippen molar-refractivity contribution in [3.63, 3.8) is 0 Å². The van der Waals surface area contributed by atoms with Gasteiger partial charge in [0.15, 0.2) is 6.61 Å². The summed E-state index contributed by atoms with van der Waals surface area (Å²) in [5, 5.41) is 6.00. The maximum absolute atomic E-state index is 11.9. The van der Waals surface area contributed by atoms with Crippen LogP contribution < -0.4 is 21.0 Å². The SMILES string of the molecule is Cc1cc(=O)oc2cc(OCC(=O)NC(=O)NC3CCCCC3)c(Cl)cc12. The fraction of sp³-hybridized carbons (Fsp3) is 0.421.